The van der Waals surface area contributed by atoms with Gasteiger partial charge in [0.15, 0.2) is 0 Å². The molecule has 2 aromatic rings. The third-order valence-corrected chi connectivity index (χ3v) is 6.47. The second-order valence-electron chi connectivity index (χ2n) is 8.79. The Morgan fingerprint density at radius 1 is 0.862 bits per heavy atom. The van der Waals surface area contributed by atoms with Crippen molar-refractivity contribution in [2.24, 2.45) is 0 Å². The van der Waals surface area contributed by atoms with Crippen LogP contribution in [0.4, 0.5) is 0 Å². The van der Waals surface area contributed by atoms with Gasteiger partial charge in [-0.3, -0.25) is 9.80 Å². The van der Waals surface area contributed by atoms with Crippen LogP contribution in [0, 0.1) is 13.8 Å². The Bertz CT molecular complexity index is 799. The van der Waals surface area contributed by atoms with Gasteiger partial charge >= 0.3 is 0 Å². The first-order valence-electron chi connectivity index (χ1n) is 11.0. The summed E-state index contributed by atoms with van der Waals surface area (Å²) in [4.78, 5) is 7.58. The predicted molar refractivity (Wildman–Crippen MR) is 119 cm³/mol. The minimum Gasteiger partial charge on any atom is -0.371 e. The monoisotopic (exact) mass is 393 g/mol. The lowest BCUT2D eigenvalue weighted by molar-refractivity contribution is -0.0329. The van der Waals surface area contributed by atoms with Crippen molar-refractivity contribution < 1.29 is 4.74 Å². The summed E-state index contributed by atoms with van der Waals surface area (Å²) in [6.07, 6.45) is 0.180. The fourth-order valence-electron chi connectivity index (χ4n) is 4.55. The highest BCUT2D eigenvalue weighted by Crippen LogP contribution is 2.25. The minimum absolute atomic E-state index is 0.180. The van der Waals surface area contributed by atoms with Gasteiger partial charge in [0, 0.05) is 52.4 Å². The molecule has 156 valence electrons. The van der Waals surface area contributed by atoms with Gasteiger partial charge in [0.1, 0.15) is 0 Å². The van der Waals surface area contributed by atoms with Crippen molar-refractivity contribution in [3.05, 3.63) is 70.3 Å². The minimum atomic E-state index is 0.180. The lowest BCUT2D eigenvalue weighted by Crippen LogP contribution is -2.44. The third-order valence-electron chi connectivity index (χ3n) is 6.47. The second-order valence-corrected chi connectivity index (χ2v) is 8.79. The van der Waals surface area contributed by atoms with Crippen LogP contribution >= 0.6 is 0 Å². The maximum Gasteiger partial charge on any atom is 0.0952 e. The molecule has 4 heteroatoms. The fourth-order valence-corrected chi connectivity index (χ4v) is 4.55. The van der Waals surface area contributed by atoms with E-state index in [-0.39, 0.29) is 6.10 Å². The summed E-state index contributed by atoms with van der Waals surface area (Å²) < 4.78 is 6.07. The highest BCUT2D eigenvalue weighted by molar-refractivity contribution is 5.38. The zero-order chi connectivity index (χ0) is 20.2. The summed E-state index contributed by atoms with van der Waals surface area (Å²) in [6.45, 7) is 14.1. The van der Waals surface area contributed by atoms with Gasteiger partial charge in [-0.15, -0.1) is 0 Å². The van der Waals surface area contributed by atoms with Crippen LogP contribution in [0.25, 0.3) is 0 Å². The van der Waals surface area contributed by atoms with Crippen LogP contribution in [0.2, 0.25) is 0 Å². The van der Waals surface area contributed by atoms with Crippen LogP contribution in [0.5, 0.6) is 0 Å². The molecule has 0 saturated carbocycles. The first kappa shape index (κ1) is 20.5. The molecule has 0 amide bonds. The van der Waals surface area contributed by atoms with Crippen LogP contribution < -0.4 is 0 Å². The van der Waals surface area contributed by atoms with E-state index in [1.54, 1.807) is 0 Å². The van der Waals surface area contributed by atoms with Gasteiger partial charge in [0.2, 0.25) is 0 Å². The Morgan fingerprint density at radius 3 is 2.21 bits per heavy atom. The van der Waals surface area contributed by atoms with Crippen LogP contribution in [0.15, 0.2) is 42.5 Å². The molecule has 2 aliphatic heterocycles. The number of nitrogens with zero attached hydrogens (tertiary/aromatic N) is 3. The standard InChI is InChI=1S/C25H35N3O/c1-20-15-23(17-27-11-9-26(3)10-12-27)21(2)24(16-20)18-28-13-14-29-25(19-28)22-7-5-4-6-8-22/h4-8,15-16,25H,9-14,17-19H2,1-3H3. The molecule has 0 radical (unpaired) electrons. The molecule has 2 heterocycles. The summed E-state index contributed by atoms with van der Waals surface area (Å²) in [5, 5.41) is 0. The van der Waals surface area contributed by atoms with Crippen LogP contribution in [-0.2, 0) is 17.8 Å². The number of benzene rings is 2. The molecule has 2 fully saturated rings. The van der Waals surface area contributed by atoms with Crippen molar-refractivity contribution in [3.8, 4) is 0 Å². The lowest BCUT2D eigenvalue weighted by atomic mass is 9.97. The molecule has 29 heavy (non-hydrogen) atoms. The topological polar surface area (TPSA) is 19.0 Å². The Labute approximate surface area is 176 Å². The SMILES string of the molecule is Cc1cc(CN2CCN(C)CC2)c(C)c(CN2CCOC(c3ccccc3)C2)c1. The van der Waals surface area contributed by atoms with Gasteiger partial charge in [-0.2, -0.15) is 0 Å². The van der Waals surface area contributed by atoms with E-state index in [2.05, 4.69) is 78.1 Å². The molecule has 0 aliphatic carbocycles. The third kappa shape index (κ3) is 5.26. The molecule has 4 rings (SSSR count). The average molecular weight is 394 g/mol. The van der Waals surface area contributed by atoms with E-state index in [9.17, 15) is 0 Å². The van der Waals surface area contributed by atoms with Gasteiger partial charge in [0.25, 0.3) is 0 Å². The van der Waals surface area contributed by atoms with Gasteiger partial charge in [0.05, 0.1) is 12.7 Å². The van der Waals surface area contributed by atoms with Crippen molar-refractivity contribution >= 4 is 0 Å². The number of likely N-dealkylation sites (N-methyl/N-ethyl adjacent to an activating group) is 1. The molecule has 0 bridgehead atoms. The first-order valence-corrected chi connectivity index (χ1v) is 11.0. The van der Waals surface area contributed by atoms with Crippen LogP contribution in [-0.4, -0.2) is 67.6 Å². The van der Waals surface area contributed by atoms with E-state index in [0.29, 0.717) is 0 Å². The van der Waals surface area contributed by atoms with Gasteiger partial charge in [-0.1, -0.05) is 48.0 Å². The van der Waals surface area contributed by atoms with Crippen LogP contribution in [0.3, 0.4) is 0 Å². The quantitative estimate of drug-likeness (QED) is 0.772. The number of piperazine rings is 1. The zero-order valence-electron chi connectivity index (χ0n) is 18.2. The number of morpholine rings is 1. The molecule has 1 atom stereocenters. The normalized spacial score (nSPS) is 22.1. The van der Waals surface area contributed by atoms with Crippen molar-refractivity contribution in [3.63, 3.8) is 0 Å². The number of ether oxygens (including phenoxy) is 1. The van der Waals surface area contributed by atoms with Gasteiger partial charge < -0.3 is 9.64 Å². The molecule has 2 aliphatic rings. The van der Waals surface area contributed by atoms with Crippen molar-refractivity contribution in [1.29, 1.82) is 0 Å². The summed E-state index contributed by atoms with van der Waals surface area (Å²) in [5.74, 6) is 0. The Hall–Kier alpha value is -1.72. The van der Waals surface area contributed by atoms with Gasteiger partial charge in [-0.05, 0) is 43.1 Å². The average Bonchev–Trinajstić information content (AvgIpc) is 2.74. The number of aryl methyl sites for hydroxylation is 1. The van der Waals surface area contributed by atoms with Gasteiger partial charge in [-0.25, -0.2) is 0 Å². The number of hydrogen-bond donors (Lipinski definition) is 0. The lowest BCUT2D eigenvalue weighted by Gasteiger charge is -2.34. The first-order chi connectivity index (χ1) is 14.1. The largest absolute Gasteiger partial charge is 0.371 e. The maximum atomic E-state index is 6.07. The number of rotatable bonds is 5. The summed E-state index contributed by atoms with van der Waals surface area (Å²) in [5.41, 5.74) is 7.11. The van der Waals surface area contributed by atoms with E-state index < -0.39 is 0 Å². The molecule has 0 N–H and O–H groups in total. The number of hydrogen-bond acceptors (Lipinski definition) is 4. The predicted octanol–water partition coefficient (Wildman–Crippen LogP) is 3.62. The molecule has 2 aromatic carbocycles. The van der Waals surface area contributed by atoms with E-state index in [1.165, 1.54) is 54.0 Å². The van der Waals surface area contributed by atoms with Crippen LogP contribution in [0.1, 0.15) is 33.9 Å². The smallest absolute Gasteiger partial charge is 0.0952 e. The summed E-state index contributed by atoms with van der Waals surface area (Å²) >= 11 is 0. The van der Waals surface area contributed by atoms with E-state index in [1.807, 2.05) is 0 Å². The fraction of sp³-hybridized carbons (Fsp3) is 0.520. The summed E-state index contributed by atoms with van der Waals surface area (Å²) in [6, 6.07) is 15.4. The Balaban J connectivity index is 1.45. The maximum absolute atomic E-state index is 6.07. The van der Waals surface area contributed by atoms with E-state index in [0.717, 1.165) is 32.8 Å². The Morgan fingerprint density at radius 2 is 1.52 bits per heavy atom. The zero-order valence-corrected chi connectivity index (χ0v) is 18.2. The molecular weight excluding hydrogens is 358 g/mol. The second kappa shape index (κ2) is 9.40. The summed E-state index contributed by atoms with van der Waals surface area (Å²) in [7, 11) is 2.22. The highest BCUT2D eigenvalue weighted by atomic mass is 16.5. The molecule has 4 nitrogen and oxygen atoms in total. The molecule has 0 aromatic heterocycles. The van der Waals surface area contributed by atoms with E-state index >= 15 is 0 Å². The van der Waals surface area contributed by atoms with Crippen molar-refractivity contribution in [2.75, 3.05) is 52.9 Å². The molecule has 2 saturated heterocycles. The molecule has 1 unspecified atom stereocenters. The Kier molecular flexibility index (Phi) is 6.66. The highest BCUT2D eigenvalue weighted by Gasteiger charge is 2.23. The molecular formula is C25H35N3O. The van der Waals surface area contributed by atoms with Crippen molar-refractivity contribution in [2.45, 2.75) is 33.0 Å². The molecule has 0 spiro atoms. The van der Waals surface area contributed by atoms with E-state index in [4.69, 9.17) is 4.74 Å². The van der Waals surface area contributed by atoms with Crippen molar-refractivity contribution in [1.82, 2.24) is 14.7 Å².